The Bertz CT molecular complexity index is 385. The molecule has 0 aliphatic carbocycles. The van der Waals surface area contributed by atoms with Crippen molar-refractivity contribution in [3.05, 3.63) is 28.6 Å². The zero-order chi connectivity index (χ0) is 10.7. The number of hydrogen-bond acceptors (Lipinski definition) is 2. The highest BCUT2D eigenvalue weighted by Crippen LogP contribution is 2.24. The highest BCUT2D eigenvalue weighted by molar-refractivity contribution is 9.08. The maximum absolute atomic E-state index is 12.5. The fourth-order valence-corrected chi connectivity index (χ4v) is 1.52. The molecule has 1 aromatic rings. The zero-order valence-corrected chi connectivity index (χ0v) is 8.98. The summed E-state index contributed by atoms with van der Waals surface area (Å²) in [5.41, 5.74) is 0.789. The van der Waals surface area contributed by atoms with E-state index in [1.54, 1.807) is 6.92 Å². The smallest absolute Gasteiger partial charge is 0.250 e. The molecule has 2 nitrogen and oxygen atoms in total. The fraction of sp³-hybridized carbons (Fsp3) is 0.333. The molecule has 0 saturated carbocycles. The van der Waals surface area contributed by atoms with Gasteiger partial charge in [-0.2, -0.15) is 5.26 Å². The molecule has 0 spiro atoms. The minimum absolute atomic E-state index is 0.252. The van der Waals surface area contributed by atoms with E-state index in [2.05, 4.69) is 20.9 Å². The average molecular weight is 261 g/mol. The van der Waals surface area contributed by atoms with Crippen LogP contribution in [-0.2, 0) is 5.33 Å². The van der Waals surface area contributed by atoms with E-state index in [0.29, 0.717) is 16.8 Å². The Morgan fingerprint density at radius 3 is 2.71 bits per heavy atom. The SMILES string of the molecule is Cc1nc(C(F)F)c(CBr)cc1C#N. The van der Waals surface area contributed by atoms with E-state index in [0.717, 1.165) is 0 Å². The van der Waals surface area contributed by atoms with Crippen LogP contribution in [0.4, 0.5) is 8.78 Å². The number of pyridine rings is 1. The van der Waals surface area contributed by atoms with Crippen LogP contribution in [-0.4, -0.2) is 4.98 Å². The van der Waals surface area contributed by atoms with Crippen LogP contribution >= 0.6 is 15.9 Å². The second-order valence-corrected chi connectivity index (χ2v) is 3.27. The topological polar surface area (TPSA) is 36.7 Å². The lowest BCUT2D eigenvalue weighted by Crippen LogP contribution is -2.01. The highest BCUT2D eigenvalue weighted by atomic mass is 79.9. The average Bonchev–Trinajstić information content (AvgIpc) is 2.17. The van der Waals surface area contributed by atoms with Gasteiger partial charge in [0.2, 0.25) is 0 Å². The van der Waals surface area contributed by atoms with Crippen molar-refractivity contribution in [2.75, 3.05) is 0 Å². The Morgan fingerprint density at radius 1 is 1.64 bits per heavy atom. The van der Waals surface area contributed by atoms with Crippen LogP contribution in [0.3, 0.4) is 0 Å². The van der Waals surface area contributed by atoms with Crippen LogP contribution in [0.2, 0.25) is 0 Å². The third-order valence-electron chi connectivity index (χ3n) is 1.80. The Balaban J connectivity index is 3.33. The van der Waals surface area contributed by atoms with Crippen molar-refractivity contribution in [3.8, 4) is 6.07 Å². The fourth-order valence-electron chi connectivity index (χ4n) is 1.07. The molecule has 5 heteroatoms. The number of nitriles is 1. The molecular weight excluding hydrogens is 254 g/mol. The minimum Gasteiger partial charge on any atom is -0.250 e. The summed E-state index contributed by atoms with van der Waals surface area (Å²) in [4.78, 5) is 3.71. The van der Waals surface area contributed by atoms with Gasteiger partial charge in [-0.05, 0) is 18.6 Å². The van der Waals surface area contributed by atoms with Gasteiger partial charge in [-0.3, -0.25) is 4.98 Å². The molecule has 0 fully saturated rings. The van der Waals surface area contributed by atoms with Crippen LogP contribution in [0.25, 0.3) is 0 Å². The van der Waals surface area contributed by atoms with Gasteiger partial charge in [0.25, 0.3) is 6.43 Å². The van der Waals surface area contributed by atoms with Crippen molar-refractivity contribution >= 4 is 15.9 Å². The van der Waals surface area contributed by atoms with Gasteiger partial charge >= 0.3 is 0 Å². The molecule has 0 aromatic carbocycles. The van der Waals surface area contributed by atoms with Gasteiger partial charge < -0.3 is 0 Å². The molecule has 1 aromatic heterocycles. The lowest BCUT2D eigenvalue weighted by atomic mass is 10.1. The van der Waals surface area contributed by atoms with Crippen molar-refractivity contribution in [1.29, 1.82) is 5.26 Å². The standard InChI is InChI=1S/C9H7BrF2N2/c1-5-7(4-13)2-6(3-10)8(14-5)9(11)12/h2,9H,3H2,1H3. The molecule has 0 aliphatic rings. The predicted molar refractivity (Wildman–Crippen MR) is 51.3 cm³/mol. The van der Waals surface area contributed by atoms with Crippen LogP contribution < -0.4 is 0 Å². The number of halogens is 3. The molecule has 0 amide bonds. The van der Waals surface area contributed by atoms with E-state index in [4.69, 9.17) is 5.26 Å². The first kappa shape index (κ1) is 11.1. The van der Waals surface area contributed by atoms with Gasteiger partial charge in [0.15, 0.2) is 0 Å². The van der Waals surface area contributed by atoms with Crippen molar-refractivity contribution in [2.24, 2.45) is 0 Å². The van der Waals surface area contributed by atoms with Crippen molar-refractivity contribution in [1.82, 2.24) is 4.98 Å². The van der Waals surface area contributed by atoms with Gasteiger partial charge in [-0.15, -0.1) is 0 Å². The molecule has 0 unspecified atom stereocenters. The summed E-state index contributed by atoms with van der Waals surface area (Å²) in [6, 6.07) is 3.35. The summed E-state index contributed by atoms with van der Waals surface area (Å²) in [6.45, 7) is 1.54. The first-order valence-electron chi connectivity index (χ1n) is 3.84. The van der Waals surface area contributed by atoms with Gasteiger partial charge in [-0.25, -0.2) is 8.78 Å². The second-order valence-electron chi connectivity index (χ2n) is 2.71. The van der Waals surface area contributed by atoms with E-state index >= 15 is 0 Å². The van der Waals surface area contributed by atoms with Gasteiger partial charge in [-0.1, -0.05) is 15.9 Å². The zero-order valence-electron chi connectivity index (χ0n) is 7.39. The Labute approximate surface area is 88.7 Å². The molecule has 1 rings (SSSR count). The Hall–Kier alpha value is -1.02. The molecule has 14 heavy (non-hydrogen) atoms. The molecule has 0 saturated heterocycles. The van der Waals surface area contributed by atoms with E-state index < -0.39 is 6.43 Å². The van der Waals surface area contributed by atoms with E-state index in [1.807, 2.05) is 6.07 Å². The van der Waals surface area contributed by atoms with E-state index in [9.17, 15) is 8.78 Å². The van der Waals surface area contributed by atoms with Crippen molar-refractivity contribution < 1.29 is 8.78 Å². The monoisotopic (exact) mass is 260 g/mol. The molecule has 0 atom stereocenters. The molecule has 74 valence electrons. The second kappa shape index (κ2) is 4.47. The highest BCUT2D eigenvalue weighted by Gasteiger charge is 2.16. The Morgan fingerprint density at radius 2 is 2.29 bits per heavy atom. The summed E-state index contributed by atoms with van der Waals surface area (Å²) < 4.78 is 24.9. The van der Waals surface area contributed by atoms with Gasteiger partial charge in [0, 0.05) is 5.33 Å². The molecule has 0 bridgehead atoms. The third kappa shape index (κ3) is 2.07. The molecule has 0 radical (unpaired) electrons. The number of aromatic nitrogens is 1. The van der Waals surface area contributed by atoms with Crippen LogP contribution in [0.5, 0.6) is 0 Å². The summed E-state index contributed by atoms with van der Waals surface area (Å²) in [5.74, 6) is 0. The summed E-state index contributed by atoms with van der Waals surface area (Å²) in [6.07, 6.45) is -2.60. The summed E-state index contributed by atoms with van der Waals surface area (Å²) >= 11 is 3.08. The lowest BCUT2D eigenvalue weighted by molar-refractivity contribution is 0.145. The predicted octanol–water partition coefficient (Wildman–Crippen LogP) is 3.09. The first-order valence-corrected chi connectivity index (χ1v) is 4.97. The van der Waals surface area contributed by atoms with Crippen LogP contribution in [0.15, 0.2) is 6.07 Å². The summed E-state index contributed by atoms with van der Waals surface area (Å²) in [7, 11) is 0. The largest absolute Gasteiger partial charge is 0.280 e. The number of aryl methyl sites for hydroxylation is 1. The minimum atomic E-state index is -2.60. The lowest BCUT2D eigenvalue weighted by Gasteiger charge is -2.07. The number of alkyl halides is 3. The van der Waals surface area contributed by atoms with Gasteiger partial charge in [0.05, 0.1) is 11.3 Å². The maximum atomic E-state index is 12.5. The summed E-state index contributed by atoms with van der Waals surface area (Å²) in [5, 5.41) is 8.95. The number of hydrogen-bond donors (Lipinski definition) is 0. The maximum Gasteiger partial charge on any atom is 0.280 e. The number of rotatable bonds is 2. The van der Waals surface area contributed by atoms with Crippen molar-refractivity contribution in [3.63, 3.8) is 0 Å². The molecule has 1 heterocycles. The van der Waals surface area contributed by atoms with Crippen molar-refractivity contribution in [2.45, 2.75) is 18.7 Å². The molecule has 0 aliphatic heterocycles. The first-order chi connectivity index (χ1) is 6.60. The van der Waals surface area contributed by atoms with Crippen LogP contribution in [0, 0.1) is 18.3 Å². The third-order valence-corrected chi connectivity index (χ3v) is 2.40. The van der Waals surface area contributed by atoms with Gasteiger partial charge in [0.1, 0.15) is 11.8 Å². The van der Waals surface area contributed by atoms with E-state index in [-0.39, 0.29) is 11.0 Å². The Kier molecular flexibility index (Phi) is 3.53. The quantitative estimate of drug-likeness (QED) is 0.767. The molecular formula is C9H7BrF2N2. The van der Waals surface area contributed by atoms with Crippen LogP contribution in [0.1, 0.15) is 28.9 Å². The number of nitrogens with zero attached hydrogens (tertiary/aromatic N) is 2. The normalized spacial score (nSPS) is 10.3. The molecule has 0 N–H and O–H groups in total. The van der Waals surface area contributed by atoms with E-state index in [1.165, 1.54) is 6.07 Å².